The van der Waals surface area contributed by atoms with Crippen molar-refractivity contribution in [2.75, 3.05) is 13.7 Å². The zero-order chi connectivity index (χ0) is 13.1. The molecule has 0 atom stereocenters. The quantitative estimate of drug-likeness (QED) is 0.594. The highest BCUT2D eigenvalue weighted by atomic mass is 16.5. The van der Waals surface area contributed by atoms with E-state index < -0.39 is 11.9 Å². The molecule has 7 nitrogen and oxygen atoms in total. The zero-order valence-electron chi connectivity index (χ0n) is 9.58. The Morgan fingerprint density at radius 1 is 1.50 bits per heavy atom. The van der Waals surface area contributed by atoms with Gasteiger partial charge in [0.1, 0.15) is 6.54 Å². The molecule has 0 bridgehead atoms. The lowest BCUT2D eigenvalue weighted by molar-refractivity contribution is -0.118. The molecular weight excluding hydrogens is 238 g/mol. The summed E-state index contributed by atoms with van der Waals surface area (Å²) in [4.78, 5) is 22.1. The molecule has 3 amide bonds. The molecule has 2 rings (SSSR count). The second kappa shape index (κ2) is 4.74. The summed E-state index contributed by atoms with van der Waals surface area (Å²) >= 11 is 0. The lowest BCUT2D eigenvalue weighted by Crippen LogP contribution is -2.24. The Bertz CT molecular complexity index is 527. The highest BCUT2D eigenvalue weighted by Gasteiger charge is 2.25. The van der Waals surface area contributed by atoms with Gasteiger partial charge in [0.2, 0.25) is 5.91 Å². The number of phenols is 1. The molecule has 1 fully saturated rings. The van der Waals surface area contributed by atoms with Gasteiger partial charge in [0.05, 0.1) is 13.3 Å². The maximum Gasteiger partial charge on any atom is 0.344 e. The van der Waals surface area contributed by atoms with Crippen LogP contribution in [0.4, 0.5) is 4.79 Å². The van der Waals surface area contributed by atoms with Crippen molar-refractivity contribution in [3.05, 3.63) is 23.8 Å². The number of aromatic hydroxyl groups is 1. The number of methoxy groups -OCH3 is 1. The standard InChI is InChI=1S/C11H11N3O4/c1-18-9-3-2-7(4-8(9)15)5-12-14-6-10(16)13-11(14)17/h2-5,15H,6H2,1H3,(H,13,16,17)/b12-5+. The highest BCUT2D eigenvalue weighted by Crippen LogP contribution is 2.25. The van der Waals surface area contributed by atoms with Crippen LogP contribution < -0.4 is 10.1 Å². The minimum Gasteiger partial charge on any atom is -0.504 e. The molecule has 0 unspecified atom stereocenters. The summed E-state index contributed by atoms with van der Waals surface area (Å²) in [7, 11) is 1.45. The van der Waals surface area contributed by atoms with Crippen molar-refractivity contribution in [1.29, 1.82) is 0 Å². The third kappa shape index (κ3) is 2.40. The largest absolute Gasteiger partial charge is 0.504 e. The van der Waals surface area contributed by atoms with Gasteiger partial charge >= 0.3 is 6.03 Å². The summed E-state index contributed by atoms with van der Waals surface area (Å²) in [5.74, 6) is -0.0700. The van der Waals surface area contributed by atoms with E-state index in [2.05, 4.69) is 10.4 Å². The van der Waals surface area contributed by atoms with E-state index in [1.807, 2.05) is 0 Å². The first kappa shape index (κ1) is 11.9. The Kier molecular flexibility index (Phi) is 3.13. The smallest absolute Gasteiger partial charge is 0.344 e. The number of rotatable bonds is 3. The minimum absolute atomic E-state index is 0.0246. The first-order valence-corrected chi connectivity index (χ1v) is 5.12. The first-order chi connectivity index (χ1) is 8.60. The van der Waals surface area contributed by atoms with Crippen molar-refractivity contribution in [3.8, 4) is 11.5 Å². The Morgan fingerprint density at radius 2 is 2.28 bits per heavy atom. The van der Waals surface area contributed by atoms with Crippen LogP contribution in [-0.2, 0) is 4.79 Å². The Morgan fingerprint density at radius 3 is 2.83 bits per heavy atom. The fraction of sp³-hybridized carbons (Fsp3) is 0.182. The van der Waals surface area contributed by atoms with Crippen molar-refractivity contribution in [2.24, 2.45) is 5.10 Å². The van der Waals surface area contributed by atoms with Gasteiger partial charge in [0.25, 0.3) is 0 Å². The van der Waals surface area contributed by atoms with Crippen LogP contribution in [0.3, 0.4) is 0 Å². The summed E-state index contributed by atoms with van der Waals surface area (Å²) in [6, 6.07) is 4.12. The maximum atomic E-state index is 11.2. The Hall–Kier alpha value is -2.57. The van der Waals surface area contributed by atoms with Gasteiger partial charge in [-0.2, -0.15) is 5.10 Å². The van der Waals surface area contributed by atoms with E-state index in [4.69, 9.17) is 4.74 Å². The Balaban J connectivity index is 2.12. The number of carbonyl (C=O) groups is 2. The topological polar surface area (TPSA) is 91.2 Å². The van der Waals surface area contributed by atoms with Crippen LogP contribution >= 0.6 is 0 Å². The predicted molar refractivity (Wildman–Crippen MR) is 62.5 cm³/mol. The molecule has 7 heteroatoms. The molecule has 18 heavy (non-hydrogen) atoms. The molecule has 1 heterocycles. The van der Waals surface area contributed by atoms with Gasteiger partial charge in [0.15, 0.2) is 11.5 Å². The van der Waals surface area contributed by atoms with Crippen molar-refractivity contribution >= 4 is 18.2 Å². The summed E-state index contributed by atoms with van der Waals surface area (Å²) in [5, 5.41) is 16.5. The Labute approximate surface area is 103 Å². The number of phenolic OH excluding ortho intramolecular Hbond substituents is 1. The highest BCUT2D eigenvalue weighted by molar-refractivity contribution is 6.02. The lowest BCUT2D eigenvalue weighted by Gasteiger charge is -2.05. The summed E-state index contributed by atoms with van der Waals surface area (Å²) in [6.45, 7) is -0.0997. The number of carbonyl (C=O) groups excluding carboxylic acids is 2. The van der Waals surface area contributed by atoms with Crippen LogP contribution in [0.25, 0.3) is 0 Å². The van der Waals surface area contributed by atoms with Crippen molar-refractivity contribution in [1.82, 2.24) is 10.3 Å². The normalized spacial score (nSPS) is 15.3. The van der Waals surface area contributed by atoms with Crippen LogP contribution in [0.2, 0.25) is 0 Å². The number of urea groups is 1. The third-order valence-electron chi connectivity index (χ3n) is 2.32. The van der Waals surface area contributed by atoms with E-state index in [0.717, 1.165) is 5.01 Å². The van der Waals surface area contributed by atoms with Crippen molar-refractivity contribution in [3.63, 3.8) is 0 Å². The molecule has 0 saturated carbocycles. The SMILES string of the molecule is COc1ccc(/C=N/N2CC(=O)NC2=O)cc1O. The molecule has 1 aliphatic heterocycles. The number of nitrogens with zero attached hydrogens (tertiary/aromatic N) is 2. The number of imide groups is 1. The minimum atomic E-state index is -0.561. The number of ether oxygens (including phenoxy) is 1. The van der Waals surface area contributed by atoms with Gasteiger partial charge in [-0.3, -0.25) is 10.1 Å². The third-order valence-corrected chi connectivity index (χ3v) is 2.32. The summed E-state index contributed by atoms with van der Waals surface area (Å²) < 4.78 is 4.90. The fourth-order valence-electron chi connectivity index (χ4n) is 1.45. The van der Waals surface area contributed by atoms with Crippen molar-refractivity contribution in [2.45, 2.75) is 0 Å². The van der Waals surface area contributed by atoms with E-state index in [1.54, 1.807) is 12.1 Å². The molecule has 1 saturated heterocycles. The molecule has 1 aromatic carbocycles. The average molecular weight is 249 g/mol. The molecule has 94 valence electrons. The molecule has 0 radical (unpaired) electrons. The number of amides is 3. The van der Waals surface area contributed by atoms with Crippen LogP contribution in [0.15, 0.2) is 23.3 Å². The molecule has 0 aliphatic carbocycles. The van der Waals surface area contributed by atoms with E-state index in [1.165, 1.54) is 19.4 Å². The molecule has 2 N–H and O–H groups in total. The van der Waals surface area contributed by atoms with Crippen molar-refractivity contribution < 1.29 is 19.4 Å². The first-order valence-electron chi connectivity index (χ1n) is 5.12. The van der Waals surface area contributed by atoms with Gasteiger partial charge in [-0.1, -0.05) is 0 Å². The van der Waals surface area contributed by atoms with Crippen LogP contribution in [0.1, 0.15) is 5.56 Å². The number of hydrogen-bond acceptors (Lipinski definition) is 5. The number of hydrazone groups is 1. The predicted octanol–water partition coefficient (Wildman–Crippen LogP) is 0.286. The number of nitrogens with one attached hydrogen (secondary N) is 1. The van der Waals surface area contributed by atoms with Gasteiger partial charge < -0.3 is 9.84 Å². The van der Waals surface area contributed by atoms with Crippen LogP contribution in [0.5, 0.6) is 11.5 Å². The molecule has 1 aromatic rings. The second-order valence-electron chi connectivity index (χ2n) is 3.59. The van der Waals surface area contributed by atoms with Gasteiger partial charge in [0, 0.05) is 0 Å². The number of benzene rings is 1. The summed E-state index contributed by atoms with van der Waals surface area (Å²) in [5.41, 5.74) is 0.584. The molecule has 0 spiro atoms. The zero-order valence-corrected chi connectivity index (χ0v) is 9.58. The van der Waals surface area contributed by atoms with E-state index in [-0.39, 0.29) is 12.3 Å². The lowest BCUT2D eigenvalue weighted by atomic mass is 10.2. The number of hydrogen-bond donors (Lipinski definition) is 2. The maximum absolute atomic E-state index is 11.2. The summed E-state index contributed by atoms with van der Waals surface area (Å²) in [6.07, 6.45) is 1.37. The van der Waals surface area contributed by atoms with E-state index >= 15 is 0 Å². The van der Waals surface area contributed by atoms with Gasteiger partial charge in [-0.05, 0) is 23.8 Å². The average Bonchev–Trinajstić information content (AvgIpc) is 2.65. The monoisotopic (exact) mass is 249 g/mol. The fourth-order valence-corrected chi connectivity index (χ4v) is 1.45. The van der Waals surface area contributed by atoms with E-state index in [0.29, 0.717) is 11.3 Å². The van der Waals surface area contributed by atoms with Gasteiger partial charge in [-0.25, -0.2) is 9.80 Å². The van der Waals surface area contributed by atoms with E-state index in [9.17, 15) is 14.7 Å². The molecular formula is C11H11N3O4. The van der Waals surface area contributed by atoms with Crippen LogP contribution in [-0.4, -0.2) is 41.9 Å². The second-order valence-corrected chi connectivity index (χ2v) is 3.59. The van der Waals surface area contributed by atoms with Gasteiger partial charge in [-0.15, -0.1) is 0 Å². The van der Waals surface area contributed by atoms with Crippen LogP contribution in [0, 0.1) is 0 Å². The molecule has 1 aliphatic rings. The molecule has 0 aromatic heterocycles.